The maximum absolute atomic E-state index is 13.0. The third-order valence-electron chi connectivity index (χ3n) is 6.13. The minimum absolute atomic E-state index is 0.0198. The SMILES string of the molecule is Cc1ccc(C(=O)NC2C[C@H]3CCC[C@H](C2)N3C(=O)Nc2cccc(C)c2)cc1. The Morgan fingerprint density at radius 3 is 2.28 bits per heavy atom. The third kappa shape index (κ3) is 4.44. The molecule has 2 saturated heterocycles. The van der Waals surface area contributed by atoms with Crippen LogP contribution in [0, 0.1) is 13.8 Å². The zero-order chi connectivity index (χ0) is 20.4. The summed E-state index contributed by atoms with van der Waals surface area (Å²) in [5.74, 6) is -0.0225. The van der Waals surface area contributed by atoms with Crippen LogP contribution in [0.1, 0.15) is 53.6 Å². The van der Waals surface area contributed by atoms with E-state index >= 15 is 0 Å². The Balaban J connectivity index is 1.41. The zero-order valence-electron chi connectivity index (χ0n) is 17.2. The number of carbonyl (C=O) groups is 2. The lowest BCUT2D eigenvalue weighted by Crippen LogP contribution is -2.59. The predicted octanol–water partition coefficient (Wildman–Crippen LogP) is 4.65. The third-order valence-corrected chi connectivity index (χ3v) is 6.13. The standard InChI is InChI=1S/C24H29N3O2/c1-16-9-11-18(12-10-16)23(28)25-20-14-21-7-4-8-22(15-20)27(21)24(29)26-19-6-3-5-17(2)13-19/h3,5-6,9-13,20-22H,4,7-8,14-15H2,1-2H3,(H,25,28)(H,26,29)/t21-,22-/m1/s1. The van der Waals surface area contributed by atoms with Gasteiger partial charge in [0.15, 0.2) is 0 Å². The van der Waals surface area contributed by atoms with Gasteiger partial charge in [-0.3, -0.25) is 4.79 Å². The van der Waals surface area contributed by atoms with Crippen molar-refractivity contribution in [3.63, 3.8) is 0 Å². The molecular weight excluding hydrogens is 362 g/mol. The molecule has 0 aromatic heterocycles. The number of carbonyl (C=O) groups excluding carboxylic acids is 2. The van der Waals surface area contributed by atoms with Crippen molar-refractivity contribution in [3.05, 3.63) is 65.2 Å². The van der Waals surface area contributed by atoms with Crippen LogP contribution in [0.25, 0.3) is 0 Å². The van der Waals surface area contributed by atoms with E-state index in [1.165, 1.54) is 0 Å². The number of benzene rings is 2. The first-order valence-electron chi connectivity index (χ1n) is 10.5. The van der Waals surface area contributed by atoms with Gasteiger partial charge in [0.25, 0.3) is 5.91 Å². The van der Waals surface area contributed by atoms with E-state index in [0.717, 1.165) is 48.9 Å². The molecule has 0 radical (unpaired) electrons. The van der Waals surface area contributed by atoms with E-state index in [-0.39, 0.29) is 30.1 Å². The number of hydrogen-bond donors (Lipinski definition) is 2. The van der Waals surface area contributed by atoms with Crippen LogP contribution < -0.4 is 10.6 Å². The van der Waals surface area contributed by atoms with Crippen LogP contribution in [-0.4, -0.2) is 35.0 Å². The number of rotatable bonds is 3. The molecule has 0 saturated carbocycles. The lowest BCUT2D eigenvalue weighted by Gasteiger charge is -2.48. The van der Waals surface area contributed by atoms with Gasteiger partial charge >= 0.3 is 6.03 Å². The predicted molar refractivity (Wildman–Crippen MR) is 115 cm³/mol. The summed E-state index contributed by atoms with van der Waals surface area (Å²) >= 11 is 0. The molecule has 5 heteroatoms. The fourth-order valence-corrected chi connectivity index (χ4v) is 4.72. The highest BCUT2D eigenvalue weighted by molar-refractivity contribution is 5.94. The van der Waals surface area contributed by atoms with Crippen LogP contribution in [0.5, 0.6) is 0 Å². The lowest BCUT2D eigenvalue weighted by molar-refractivity contribution is 0.0577. The molecule has 2 aromatic rings. The van der Waals surface area contributed by atoms with Crippen molar-refractivity contribution >= 4 is 17.6 Å². The molecule has 2 N–H and O–H groups in total. The lowest BCUT2D eigenvalue weighted by atomic mass is 9.82. The Morgan fingerprint density at radius 1 is 0.931 bits per heavy atom. The second-order valence-electron chi connectivity index (χ2n) is 8.45. The van der Waals surface area contributed by atoms with E-state index in [4.69, 9.17) is 0 Å². The zero-order valence-corrected chi connectivity index (χ0v) is 17.2. The van der Waals surface area contributed by atoms with Gasteiger partial charge in [0.2, 0.25) is 0 Å². The largest absolute Gasteiger partial charge is 0.349 e. The van der Waals surface area contributed by atoms with Gasteiger partial charge < -0.3 is 15.5 Å². The minimum atomic E-state index is -0.0225. The first kappa shape index (κ1) is 19.5. The van der Waals surface area contributed by atoms with Gasteiger partial charge in [0.1, 0.15) is 0 Å². The number of nitrogens with zero attached hydrogens (tertiary/aromatic N) is 1. The Kier molecular flexibility index (Phi) is 5.56. The van der Waals surface area contributed by atoms with Crippen molar-refractivity contribution < 1.29 is 9.59 Å². The molecule has 0 unspecified atom stereocenters. The summed E-state index contributed by atoms with van der Waals surface area (Å²) in [4.78, 5) is 27.7. The average molecular weight is 392 g/mol. The number of piperidine rings is 2. The molecule has 2 heterocycles. The van der Waals surface area contributed by atoms with Gasteiger partial charge in [0.05, 0.1) is 0 Å². The van der Waals surface area contributed by atoms with Gasteiger partial charge in [-0.2, -0.15) is 0 Å². The van der Waals surface area contributed by atoms with Crippen molar-refractivity contribution in [3.8, 4) is 0 Å². The molecule has 2 atom stereocenters. The Hall–Kier alpha value is -2.82. The van der Waals surface area contributed by atoms with Crippen molar-refractivity contribution in [1.82, 2.24) is 10.2 Å². The molecule has 2 aromatic carbocycles. The van der Waals surface area contributed by atoms with Gasteiger partial charge in [-0.1, -0.05) is 29.8 Å². The van der Waals surface area contributed by atoms with Gasteiger partial charge in [-0.05, 0) is 75.8 Å². The Labute approximate surface area is 172 Å². The summed E-state index contributed by atoms with van der Waals surface area (Å²) in [6.07, 6.45) is 4.76. The summed E-state index contributed by atoms with van der Waals surface area (Å²) in [6.45, 7) is 4.03. The summed E-state index contributed by atoms with van der Waals surface area (Å²) in [5.41, 5.74) is 3.80. The van der Waals surface area contributed by atoms with Crippen LogP contribution in [0.2, 0.25) is 0 Å². The van der Waals surface area contributed by atoms with Crippen molar-refractivity contribution in [2.24, 2.45) is 0 Å². The maximum Gasteiger partial charge on any atom is 0.322 e. The van der Waals surface area contributed by atoms with Gasteiger partial charge in [-0.15, -0.1) is 0 Å². The summed E-state index contributed by atoms with van der Waals surface area (Å²) < 4.78 is 0. The molecule has 2 aliphatic rings. The van der Waals surface area contributed by atoms with E-state index in [0.29, 0.717) is 5.56 Å². The molecule has 2 aliphatic heterocycles. The van der Waals surface area contributed by atoms with Crippen LogP contribution in [0.3, 0.4) is 0 Å². The first-order chi connectivity index (χ1) is 14.0. The summed E-state index contributed by atoms with van der Waals surface area (Å²) in [7, 11) is 0. The minimum Gasteiger partial charge on any atom is -0.349 e. The fraction of sp³-hybridized carbons (Fsp3) is 0.417. The van der Waals surface area contributed by atoms with Crippen LogP contribution >= 0.6 is 0 Å². The van der Waals surface area contributed by atoms with E-state index in [1.54, 1.807) is 0 Å². The van der Waals surface area contributed by atoms with Crippen molar-refractivity contribution in [1.29, 1.82) is 0 Å². The number of urea groups is 1. The maximum atomic E-state index is 13.0. The monoisotopic (exact) mass is 391 g/mol. The summed E-state index contributed by atoms with van der Waals surface area (Å²) in [6, 6.07) is 16.0. The highest BCUT2D eigenvalue weighted by atomic mass is 16.2. The second-order valence-corrected chi connectivity index (χ2v) is 8.45. The smallest absolute Gasteiger partial charge is 0.322 e. The number of hydrogen-bond acceptors (Lipinski definition) is 2. The number of anilines is 1. The number of amides is 3. The van der Waals surface area contributed by atoms with Crippen LogP contribution in [-0.2, 0) is 0 Å². The van der Waals surface area contributed by atoms with Gasteiger partial charge in [0, 0.05) is 29.4 Å². The van der Waals surface area contributed by atoms with E-state index < -0.39 is 0 Å². The molecule has 152 valence electrons. The normalized spacial score (nSPS) is 23.4. The molecule has 29 heavy (non-hydrogen) atoms. The second kappa shape index (κ2) is 8.27. The molecule has 2 bridgehead atoms. The Morgan fingerprint density at radius 2 is 1.62 bits per heavy atom. The van der Waals surface area contributed by atoms with Crippen LogP contribution in [0.15, 0.2) is 48.5 Å². The molecule has 0 spiro atoms. The molecule has 4 rings (SSSR count). The van der Waals surface area contributed by atoms with Crippen molar-refractivity contribution in [2.45, 2.75) is 64.1 Å². The highest BCUT2D eigenvalue weighted by Gasteiger charge is 2.41. The molecule has 2 fully saturated rings. The number of fused-ring (bicyclic) bond motifs is 2. The van der Waals surface area contributed by atoms with Crippen molar-refractivity contribution in [2.75, 3.05) is 5.32 Å². The number of nitrogens with one attached hydrogen (secondary N) is 2. The first-order valence-corrected chi connectivity index (χ1v) is 10.5. The molecular formula is C24H29N3O2. The molecule has 5 nitrogen and oxygen atoms in total. The molecule has 0 aliphatic carbocycles. The van der Waals surface area contributed by atoms with Crippen LogP contribution in [0.4, 0.5) is 10.5 Å². The quantitative estimate of drug-likeness (QED) is 0.800. The average Bonchev–Trinajstić information content (AvgIpc) is 2.67. The molecule has 3 amide bonds. The topological polar surface area (TPSA) is 61.4 Å². The van der Waals surface area contributed by atoms with E-state index in [9.17, 15) is 9.59 Å². The summed E-state index contributed by atoms with van der Waals surface area (Å²) in [5, 5.41) is 6.27. The van der Waals surface area contributed by atoms with Gasteiger partial charge in [-0.25, -0.2) is 4.79 Å². The van der Waals surface area contributed by atoms with E-state index in [2.05, 4.69) is 10.6 Å². The fourth-order valence-electron chi connectivity index (χ4n) is 4.72. The van der Waals surface area contributed by atoms with E-state index in [1.807, 2.05) is 67.3 Å². The Bertz CT molecular complexity index is 879. The number of aryl methyl sites for hydroxylation is 2. The highest BCUT2D eigenvalue weighted by Crippen LogP contribution is 2.34.